The number of carbonyl (C=O) groups is 1. The molecule has 2 aromatic carbocycles. The lowest BCUT2D eigenvalue weighted by molar-refractivity contribution is -0.126. The van der Waals surface area contributed by atoms with E-state index >= 15 is 0 Å². The number of halogens is 3. The lowest BCUT2D eigenvalue weighted by Crippen LogP contribution is -2.44. The Morgan fingerprint density at radius 2 is 1.68 bits per heavy atom. The zero-order valence-electron chi connectivity index (χ0n) is 20.6. The maximum absolute atomic E-state index is 13.3. The molecule has 2 fully saturated rings. The van der Waals surface area contributed by atoms with Gasteiger partial charge in [0.05, 0.1) is 16.7 Å². The van der Waals surface area contributed by atoms with Crippen LogP contribution in [-0.2, 0) is 26.1 Å². The van der Waals surface area contributed by atoms with E-state index in [9.17, 15) is 13.2 Å². The van der Waals surface area contributed by atoms with Crippen LogP contribution in [0.4, 0.5) is 5.69 Å². The van der Waals surface area contributed by atoms with Crippen LogP contribution < -0.4 is 10.2 Å². The molecule has 2 aliphatic rings. The summed E-state index contributed by atoms with van der Waals surface area (Å²) < 4.78 is 33.5. The van der Waals surface area contributed by atoms with Crippen LogP contribution in [0.25, 0.3) is 0 Å². The molecule has 8 nitrogen and oxygen atoms in total. The smallest absolute Gasteiger partial charge is 0.246 e. The van der Waals surface area contributed by atoms with Gasteiger partial charge in [0.25, 0.3) is 0 Å². The van der Waals surface area contributed by atoms with E-state index in [4.69, 9.17) is 39.5 Å². The van der Waals surface area contributed by atoms with Crippen molar-refractivity contribution < 1.29 is 17.9 Å². The Labute approximate surface area is 233 Å². The average molecular weight is 590 g/mol. The number of hydrogen-bond donors (Lipinski definition) is 1. The molecule has 0 aromatic heterocycles. The first-order chi connectivity index (χ1) is 17.6. The minimum atomic E-state index is -3.95. The normalized spacial score (nSPS) is 19.4. The molecule has 0 aliphatic carbocycles. The summed E-state index contributed by atoms with van der Waals surface area (Å²) in [5.41, 5.74) is 2.18. The number of carbonyl (C=O) groups excluding carboxylic acids is 1. The van der Waals surface area contributed by atoms with Gasteiger partial charge in [-0.05, 0) is 49.7 Å². The van der Waals surface area contributed by atoms with Crippen molar-refractivity contribution in [2.45, 2.75) is 30.3 Å². The number of likely N-dealkylation sites (N-methyl/N-ethyl adjacent to an activating group) is 1. The summed E-state index contributed by atoms with van der Waals surface area (Å²) in [7, 11) is -1.82. The fourth-order valence-corrected chi connectivity index (χ4v) is 7.79. The Balaban J connectivity index is 1.25. The van der Waals surface area contributed by atoms with Gasteiger partial charge in [0.15, 0.2) is 0 Å². The van der Waals surface area contributed by atoms with Gasteiger partial charge in [0, 0.05) is 56.0 Å². The maximum atomic E-state index is 13.3. The molecule has 4 rings (SSSR count). The molecule has 0 radical (unpaired) electrons. The second-order valence-electron chi connectivity index (χ2n) is 9.36. The monoisotopic (exact) mass is 588 g/mol. The van der Waals surface area contributed by atoms with Crippen molar-refractivity contribution in [3.63, 3.8) is 0 Å². The lowest BCUT2D eigenvalue weighted by atomic mass is 10.2. The molecule has 2 aliphatic heterocycles. The van der Waals surface area contributed by atoms with Crippen LogP contribution in [0, 0.1) is 0 Å². The predicted octanol–water partition coefficient (Wildman–Crippen LogP) is 3.88. The van der Waals surface area contributed by atoms with E-state index in [1.54, 1.807) is 0 Å². The summed E-state index contributed by atoms with van der Waals surface area (Å²) in [5, 5.41) is 3.05. The lowest BCUT2D eigenvalue weighted by Gasteiger charge is -2.34. The first-order valence-corrected chi connectivity index (χ1v) is 14.8. The van der Waals surface area contributed by atoms with Crippen LogP contribution >= 0.6 is 34.8 Å². The summed E-state index contributed by atoms with van der Waals surface area (Å²) >= 11 is 18.3. The molecule has 1 unspecified atom stereocenters. The number of hydrogen-bond acceptors (Lipinski definition) is 6. The van der Waals surface area contributed by atoms with Crippen LogP contribution in [0.5, 0.6) is 0 Å². The Morgan fingerprint density at radius 3 is 2.32 bits per heavy atom. The van der Waals surface area contributed by atoms with Crippen LogP contribution in [0.1, 0.15) is 18.4 Å². The highest BCUT2D eigenvalue weighted by Crippen LogP contribution is 2.37. The molecule has 2 saturated heterocycles. The maximum Gasteiger partial charge on any atom is 0.246 e. The first kappa shape index (κ1) is 28.4. The van der Waals surface area contributed by atoms with Gasteiger partial charge in [0.1, 0.15) is 11.5 Å². The number of nitrogens with one attached hydrogen (secondary N) is 1. The van der Waals surface area contributed by atoms with Crippen molar-refractivity contribution >= 4 is 56.4 Å². The van der Waals surface area contributed by atoms with Gasteiger partial charge in [0.2, 0.25) is 15.9 Å². The number of piperazine rings is 1. The topological polar surface area (TPSA) is 82.2 Å². The Kier molecular flexibility index (Phi) is 9.61. The van der Waals surface area contributed by atoms with E-state index in [1.165, 1.54) is 22.1 Å². The highest BCUT2D eigenvalue weighted by molar-refractivity contribution is 7.89. The van der Waals surface area contributed by atoms with Crippen LogP contribution in [0.2, 0.25) is 15.1 Å². The fourth-order valence-electron chi connectivity index (χ4n) is 4.61. The molecule has 1 N–H and O–H groups in total. The zero-order valence-corrected chi connectivity index (χ0v) is 23.7. The molecular formula is C25H31Cl3N4O4S. The third-order valence-corrected chi connectivity index (χ3v) is 9.78. The molecular weight excluding hydrogens is 559 g/mol. The van der Waals surface area contributed by atoms with Gasteiger partial charge >= 0.3 is 0 Å². The first-order valence-electron chi connectivity index (χ1n) is 12.2. The van der Waals surface area contributed by atoms with Crippen molar-refractivity contribution in [3.8, 4) is 0 Å². The standard InChI is InChI=1S/C25H31Cl3N4O4S/c1-30-9-11-31(12-10-30)20-6-4-18(5-7-20)15-29-24(33)17-36-16-21-3-2-8-32(21)37(34,35)25-22(27)13-19(26)14-23(25)28/h4-7,13-14,21H,2-3,8-12,15-17H2,1H3,(H,29,33). The molecule has 0 spiro atoms. The van der Waals surface area contributed by atoms with Gasteiger partial charge in [-0.3, -0.25) is 4.79 Å². The molecule has 0 bridgehead atoms. The second kappa shape index (κ2) is 12.5. The second-order valence-corrected chi connectivity index (χ2v) is 12.4. The van der Waals surface area contributed by atoms with E-state index in [-0.39, 0.29) is 39.1 Å². The molecule has 12 heteroatoms. The minimum Gasteiger partial charge on any atom is -0.370 e. The van der Waals surface area contributed by atoms with Gasteiger partial charge in [-0.25, -0.2) is 8.42 Å². The van der Waals surface area contributed by atoms with E-state index in [0.717, 1.165) is 31.7 Å². The van der Waals surface area contributed by atoms with Crippen molar-refractivity contribution in [1.29, 1.82) is 0 Å². The molecule has 2 heterocycles. The van der Waals surface area contributed by atoms with Gasteiger partial charge < -0.3 is 19.9 Å². The summed E-state index contributed by atoms with van der Waals surface area (Å²) in [6.45, 7) is 4.74. The quantitative estimate of drug-likeness (QED) is 0.478. The van der Waals surface area contributed by atoms with Gasteiger partial charge in [-0.15, -0.1) is 0 Å². The van der Waals surface area contributed by atoms with Crippen molar-refractivity contribution in [1.82, 2.24) is 14.5 Å². The van der Waals surface area contributed by atoms with Crippen molar-refractivity contribution in [2.75, 3.05) is 57.9 Å². The largest absolute Gasteiger partial charge is 0.370 e. The highest BCUT2D eigenvalue weighted by atomic mass is 35.5. The number of amides is 1. The minimum absolute atomic E-state index is 0.0278. The number of sulfonamides is 1. The molecule has 0 saturated carbocycles. The van der Waals surface area contributed by atoms with Crippen LogP contribution in [0.3, 0.4) is 0 Å². The highest BCUT2D eigenvalue weighted by Gasteiger charge is 2.38. The number of rotatable bonds is 9. The number of nitrogens with zero attached hydrogens (tertiary/aromatic N) is 3. The fraction of sp³-hybridized carbons (Fsp3) is 0.480. The SMILES string of the molecule is CN1CCN(c2ccc(CNC(=O)COCC3CCCN3S(=O)(=O)c3c(Cl)cc(Cl)cc3Cl)cc2)CC1. The van der Waals surface area contributed by atoms with Crippen LogP contribution in [-0.4, -0.2) is 82.6 Å². The van der Waals surface area contributed by atoms with Crippen molar-refractivity contribution in [2.24, 2.45) is 0 Å². The zero-order chi connectivity index (χ0) is 26.6. The van der Waals surface area contributed by atoms with E-state index in [1.807, 2.05) is 12.1 Å². The number of benzene rings is 2. The summed E-state index contributed by atoms with van der Waals surface area (Å²) in [6.07, 6.45) is 1.29. The Bertz CT molecular complexity index is 1180. The molecule has 2 aromatic rings. The van der Waals surface area contributed by atoms with E-state index in [2.05, 4.69) is 34.3 Å². The summed E-state index contributed by atoms with van der Waals surface area (Å²) in [4.78, 5) is 16.8. The van der Waals surface area contributed by atoms with E-state index in [0.29, 0.717) is 25.9 Å². The Hall–Kier alpha value is -1.59. The molecule has 37 heavy (non-hydrogen) atoms. The van der Waals surface area contributed by atoms with Gasteiger partial charge in [-0.2, -0.15) is 4.31 Å². The third-order valence-electron chi connectivity index (χ3n) is 6.69. The number of ether oxygens (including phenoxy) is 1. The molecule has 1 amide bonds. The molecule has 202 valence electrons. The van der Waals surface area contributed by atoms with Crippen molar-refractivity contribution in [3.05, 3.63) is 57.0 Å². The van der Waals surface area contributed by atoms with E-state index < -0.39 is 16.1 Å². The summed E-state index contributed by atoms with van der Waals surface area (Å²) in [5.74, 6) is -0.265. The third kappa shape index (κ3) is 7.09. The predicted molar refractivity (Wildman–Crippen MR) is 147 cm³/mol. The van der Waals surface area contributed by atoms with Gasteiger partial charge in [-0.1, -0.05) is 46.9 Å². The molecule has 1 atom stereocenters. The summed E-state index contributed by atoms with van der Waals surface area (Å²) in [6, 6.07) is 10.5. The van der Waals surface area contributed by atoms with Crippen LogP contribution in [0.15, 0.2) is 41.3 Å². The Morgan fingerprint density at radius 1 is 1.03 bits per heavy atom. The average Bonchev–Trinajstić information content (AvgIpc) is 3.32. The number of anilines is 1.